The lowest BCUT2D eigenvalue weighted by Crippen LogP contribution is -2.36. The number of aliphatic hydroxyl groups excluding tert-OH is 1. The number of rotatable bonds is 10. The number of carbonyl (C=O) groups excluding carboxylic acids is 1. The van der Waals surface area contributed by atoms with Gasteiger partial charge < -0.3 is 24.2 Å². The van der Waals surface area contributed by atoms with Crippen molar-refractivity contribution in [2.45, 2.75) is 6.54 Å². The van der Waals surface area contributed by atoms with Crippen molar-refractivity contribution in [3.8, 4) is 5.75 Å². The number of ether oxygens (including phenoxy) is 3. The standard InChI is InChI=1S/C15H23NO5/c1-19-9-10-21-12-15(18)16(7-8-17)11-13-5-3-4-6-14(13)20-2/h3-6,17H,7-12H2,1-2H3. The summed E-state index contributed by atoms with van der Waals surface area (Å²) >= 11 is 0. The summed E-state index contributed by atoms with van der Waals surface area (Å²) in [7, 11) is 3.16. The molecule has 0 aromatic heterocycles. The van der Waals surface area contributed by atoms with E-state index in [4.69, 9.17) is 19.3 Å². The van der Waals surface area contributed by atoms with Crippen LogP contribution in [0.3, 0.4) is 0 Å². The summed E-state index contributed by atoms with van der Waals surface area (Å²) < 4.78 is 15.3. The van der Waals surface area contributed by atoms with Gasteiger partial charge in [-0.3, -0.25) is 4.79 Å². The number of carbonyl (C=O) groups is 1. The fourth-order valence-electron chi connectivity index (χ4n) is 1.84. The molecule has 0 unspecified atom stereocenters. The van der Waals surface area contributed by atoms with Crippen LogP contribution >= 0.6 is 0 Å². The Bertz CT molecular complexity index is 424. The molecule has 0 aliphatic rings. The van der Waals surface area contributed by atoms with E-state index < -0.39 is 0 Å². The van der Waals surface area contributed by atoms with Gasteiger partial charge in [0.25, 0.3) is 0 Å². The SMILES string of the molecule is COCCOCC(=O)N(CCO)Cc1ccccc1OC. The Balaban J connectivity index is 2.61. The third kappa shape index (κ3) is 6.12. The highest BCUT2D eigenvalue weighted by atomic mass is 16.5. The molecule has 0 saturated heterocycles. The summed E-state index contributed by atoms with van der Waals surface area (Å²) in [5.41, 5.74) is 0.888. The van der Waals surface area contributed by atoms with Crippen LogP contribution in [0.4, 0.5) is 0 Å². The zero-order valence-electron chi connectivity index (χ0n) is 12.6. The number of hydrogen-bond donors (Lipinski definition) is 1. The van der Waals surface area contributed by atoms with Gasteiger partial charge in [-0.15, -0.1) is 0 Å². The highest BCUT2D eigenvalue weighted by Crippen LogP contribution is 2.19. The monoisotopic (exact) mass is 297 g/mol. The van der Waals surface area contributed by atoms with Gasteiger partial charge in [-0.1, -0.05) is 18.2 Å². The van der Waals surface area contributed by atoms with Crippen molar-refractivity contribution in [1.29, 1.82) is 0 Å². The molecule has 1 amide bonds. The van der Waals surface area contributed by atoms with Crippen molar-refractivity contribution in [3.63, 3.8) is 0 Å². The fourth-order valence-corrected chi connectivity index (χ4v) is 1.84. The molecular weight excluding hydrogens is 274 g/mol. The molecule has 21 heavy (non-hydrogen) atoms. The first-order chi connectivity index (χ1) is 10.2. The molecule has 118 valence electrons. The lowest BCUT2D eigenvalue weighted by atomic mass is 10.2. The predicted molar refractivity (Wildman–Crippen MR) is 78.2 cm³/mol. The molecule has 0 fully saturated rings. The molecule has 0 spiro atoms. The Morgan fingerprint density at radius 1 is 1.24 bits per heavy atom. The van der Waals surface area contributed by atoms with Crippen molar-refractivity contribution in [1.82, 2.24) is 4.90 Å². The summed E-state index contributed by atoms with van der Waals surface area (Å²) in [5, 5.41) is 9.11. The minimum absolute atomic E-state index is 0.0293. The second kappa shape index (κ2) is 10.1. The van der Waals surface area contributed by atoms with Gasteiger partial charge in [-0.2, -0.15) is 0 Å². The maximum atomic E-state index is 12.1. The van der Waals surface area contributed by atoms with E-state index in [1.54, 1.807) is 19.1 Å². The van der Waals surface area contributed by atoms with Crippen molar-refractivity contribution >= 4 is 5.91 Å². The largest absolute Gasteiger partial charge is 0.496 e. The summed E-state index contributed by atoms with van der Waals surface area (Å²) in [6.45, 7) is 1.31. The topological polar surface area (TPSA) is 68.2 Å². The molecule has 1 aromatic rings. The highest BCUT2D eigenvalue weighted by Gasteiger charge is 2.15. The van der Waals surface area contributed by atoms with E-state index in [-0.39, 0.29) is 25.7 Å². The van der Waals surface area contributed by atoms with Crippen molar-refractivity contribution in [2.75, 3.05) is 47.2 Å². The van der Waals surface area contributed by atoms with Gasteiger partial charge >= 0.3 is 0 Å². The molecule has 6 heteroatoms. The van der Waals surface area contributed by atoms with Crippen molar-refractivity contribution in [3.05, 3.63) is 29.8 Å². The maximum Gasteiger partial charge on any atom is 0.248 e. The Morgan fingerprint density at radius 3 is 2.67 bits per heavy atom. The molecule has 1 aromatic carbocycles. The number of benzene rings is 1. The van der Waals surface area contributed by atoms with Crippen LogP contribution in [0.25, 0.3) is 0 Å². The number of hydrogen-bond acceptors (Lipinski definition) is 5. The first kappa shape index (κ1) is 17.4. The summed E-state index contributed by atoms with van der Waals surface area (Å²) in [6, 6.07) is 7.48. The van der Waals surface area contributed by atoms with Crippen LogP contribution in [-0.4, -0.2) is 63.1 Å². The molecular formula is C15H23NO5. The first-order valence-corrected chi connectivity index (χ1v) is 6.80. The Hall–Kier alpha value is -1.63. The molecule has 0 heterocycles. The molecule has 0 aliphatic carbocycles. The quantitative estimate of drug-likeness (QED) is 0.643. The molecule has 1 rings (SSSR count). The van der Waals surface area contributed by atoms with Gasteiger partial charge in [0.05, 0.1) is 26.9 Å². The summed E-state index contributed by atoms with van der Waals surface area (Å²) in [6.07, 6.45) is 0. The van der Waals surface area contributed by atoms with E-state index in [1.165, 1.54) is 0 Å². The van der Waals surface area contributed by atoms with Crippen molar-refractivity contribution in [2.24, 2.45) is 0 Å². The zero-order valence-corrected chi connectivity index (χ0v) is 12.6. The molecule has 0 radical (unpaired) electrons. The highest BCUT2D eigenvalue weighted by molar-refractivity contribution is 5.77. The normalized spacial score (nSPS) is 10.4. The van der Waals surface area contributed by atoms with E-state index >= 15 is 0 Å². The molecule has 0 bridgehead atoms. The molecule has 0 atom stereocenters. The van der Waals surface area contributed by atoms with Gasteiger partial charge in [0, 0.05) is 25.8 Å². The van der Waals surface area contributed by atoms with E-state index in [0.717, 1.165) is 5.56 Å². The van der Waals surface area contributed by atoms with Crippen LogP contribution in [0, 0.1) is 0 Å². The van der Waals surface area contributed by atoms with E-state index in [1.807, 2.05) is 24.3 Å². The van der Waals surface area contributed by atoms with E-state index in [9.17, 15) is 4.79 Å². The predicted octanol–water partition coefficient (Wildman–Crippen LogP) is 0.679. The maximum absolute atomic E-state index is 12.1. The van der Waals surface area contributed by atoms with Crippen LogP contribution < -0.4 is 4.74 Å². The van der Waals surface area contributed by atoms with Gasteiger partial charge in [-0.25, -0.2) is 0 Å². The number of para-hydroxylation sites is 1. The molecule has 6 nitrogen and oxygen atoms in total. The number of nitrogens with zero attached hydrogens (tertiary/aromatic N) is 1. The lowest BCUT2D eigenvalue weighted by molar-refractivity contribution is -0.137. The third-order valence-corrected chi connectivity index (χ3v) is 2.93. The van der Waals surface area contributed by atoms with Crippen LogP contribution in [0.2, 0.25) is 0 Å². The molecule has 0 aliphatic heterocycles. The second-order valence-corrected chi connectivity index (χ2v) is 4.40. The van der Waals surface area contributed by atoms with E-state index in [0.29, 0.717) is 25.5 Å². The van der Waals surface area contributed by atoms with Gasteiger partial charge in [0.1, 0.15) is 12.4 Å². The molecule has 1 N–H and O–H groups in total. The Kier molecular flexibility index (Phi) is 8.42. The van der Waals surface area contributed by atoms with Crippen LogP contribution in [0.5, 0.6) is 5.75 Å². The van der Waals surface area contributed by atoms with Crippen LogP contribution in [0.1, 0.15) is 5.56 Å². The average Bonchev–Trinajstić information content (AvgIpc) is 2.51. The Labute approximate surface area is 125 Å². The minimum atomic E-state index is -0.175. The smallest absolute Gasteiger partial charge is 0.248 e. The van der Waals surface area contributed by atoms with Crippen LogP contribution in [0.15, 0.2) is 24.3 Å². The third-order valence-electron chi connectivity index (χ3n) is 2.93. The first-order valence-electron chi connectivity index (χ1n) is 6.80. The van der Waals surface area contributed by atoms with Gasteiger partial charge in [0.2, 0.25) is 5.91 Å². The van der Waals surface area contributed by atoms with Gasteiger partial charge in [-0.05, 0) is 6.07 Å². The molecule has 0 saturated carbocycles. The fraction of sp³-hybridized carbons (Fsp3) is 0.533. The summed E-state index contributed by atoms with van der Waals surface area (Å²) in [4.78, 5) is 13.7. The number of aliphatic hydroxyl groups is 1. The second-order valence-electron chi connectivity index (χ2n) is 4.40. The van der Waals surface area contributed by atoms with E-state index in [2.05, 4.69) is 0 Å². The number of methoxy groups -OCH3 is 2. The number of amides is 1. The van der Waals surface area contributed by atoms with Crippen molar-refractivity contribution < 1.29 is 24.1 Å². The summed E-state index contributed by atoms with van der Waals surface area (Å²) in [5.74, 6) is 0.541. The van der Waals surface area contributed by atoms with Crippen LogP contribution in [-0.2, 0) is 20.8 Å². The minimum Gasteiger partial charge on any atom is -0.496 e. The van der Waals surface area contributed by atoms with Gasteiger partial charge in [0.15, 0.2) is 0 Å². The Morgan fingerprint density at radius 2 is 2.00 bits per heavy atom. The average molecular weight is 297 g/mol. The zero-order chi connectivity index (χ0) is 15.5. The lowest BCUT2D eigenvalue weighted by Gasteiger charge is -2.22.